The molecule has 0 aromatic heterocycles. The molecule has 0 amide bonds. The van der Waals surface area contributed by atoms with E-state index in [1.807, 2.05) is 13.8 Å². The molecule has 15 heavy (non-hydrogen) atoms. The molecule has 0 radical (unpaired) electrons. The van der Waals surface area contributed by atoms with E-state index < -0.39 is 0 Å². The summed E-state index contributed by atoms with van der Waals surface area (Å²) in [6.07, 6.45) is 1.01. The Balaban J connectivity index is 2.80. The maximum Gasteiger partial charge on any atom is 0.135 e. The van der Waals surface area contributed by atoms with E-state index >= 15 is 0 Å². The number of carbonyl (C=O) groups is 1. The molecule has 0 aliphatic rings. The zero-order valence-electron chi connectivity index (χ0n) is 8.89. The fourth-order valence-corrected chi connectivity index (χ4v) is 1.69. The van der Waals surface area contributed by atoms with Crippen molar-refractivity contribution in [3.8, 4) is 0 Å². The van der Waals surface area contributed by atoms with Gasteiger partial charge in [0.05, 0.1) is 0 Å². The lowest BCUT2D eigenvalue weighted by Crippen LogP contribution is -2.12. The molecular weight excluding hydrogens is 215 g/mol. The minimum absolute atomic E-state index is 0.103. The first-order chi connectivity index (χ1) is 7.04. The van der Waals surface area contributed by atoms with Crippen molar-refractivity contribution in [1.82, 2.24) is 0 Å². The predicted molar refractivity (Wildman–Crippen MR) is 59.6 cm³/mol. The summed E-state index contributed by atoms with van der Waals surface area (Å²) in [5, 5.41) is 0.521. The van der Waals surface area contributed by atoms with Crippen LogP contribution in [0.5, 0.6) is 0 Å². The van der Waals surface area contributed by atoms with Crippen molar-refractivity contribution >= 4 is 17.4 Å². The van der Waals surface area contributed by atoms with E-state index in [0.29, 0.717) is 23.4 Å². The molecule has 1 aromatic rings. The average Bonchev–Trinajstić information content (AvgIpc) is 2.22. The van der Waals surface area contributed by atoms with E-state index in [9.17, 15) is 9.18 Å². The zero-order valence-corrected chi connectivity index (χ0v) is 9.64. The van der Waals surface area contributed by atoms with Crippen molar-refractivity contribution in [3.05, 3.63) is 34.6 Å². The van der Waals surface area contributed by atoms with Crippen molar-refractivity contribution in [1.29, 1.82) is 0 Å². The molecule has 0 saturated heterocycles. The van der Waals surface area contributed by atoms with Gasteiger partial charge in [0.25, 0.3) is 0 Å². The Morgan fingerprint density at radius 3 is 2.80 bits per heavy atom. The summed E-state index contributed by atoms with van der Waals surface area (Å²) in [6, 6.07) is 4.23. The van der Waals surface area contributed by atoms with Crippen LogP contribution in [-0.4, -0.2) is 5.78 Å². The van der Waals surface area contributed by atoms with Crippen LogP contribution in [-0.2, 0) is 11.2 Å². The van der Waals surface area contributed by atoms with Gasteiger partial charge in [0.2, 0.25) is 0 Å². The van der Waals surface area contributed by atoms with Gasteiger partial charge in [-0.25, -0.2) is 4.39 Å². The first-order valence-electron chi connectivity index (χ1n) is 5.01. The third-order valence-electron chi connectivity index (χ3n) is 2.43. The molecule has 1 atom stereocenters. The van der Waals surface area contributed by atoms with Crippen LogP contribution in [0.25, 0.3) is 0 Å². The van der Waals surface area contributed by atoms with E-state index in [1.165, 1.54) is 18.2 Å². The molecule has 82 valence electrons. The number of hydrogen-bond donors (Lipinski definition) is 0. The molecule has 3 heteroatoms. The highest BCUT2D eigenvalue weighted by molar-refractivity contribution is 6.31. The zero-order chi connectivity index (χ0) is 11.4. The van der Waals surface area contributed by atoms with Crippen LogP contribution in [0, 0.1) is 11.7 Å². The van der Waals surface area contributed by atoms with Gasteiger partial charge in [0.1, 0.15) is 11.6 Å². The first kappa shape index (κ1) is 12.2. The van der Waals surface area contributed by atoms with Gasteiger partial charge >= 0.3 is 0 Å². The van der Waals surface area contributed by atoms with Crippen LogP contribution in [0.3, 0.4) is 0 Å². The quantitative estimate of drug-likeness (QED) is 0.769. The van der Waals surface area contributed by atoms with Gasteiger partial charge in [-0.1, -0.05) is 25.4 Å². The minimum Gasteiger partial charge on any atom is -0.299 e. The van der Waals surface area contributed by atoms with Crippen LogP contribution in [0.4, 0.5) is 4.39 Å². The monoisotopic (exact) mass is 228 g/mol. The van der Waals surface area contributed by atoms with Crippen LogP contribution >= 0.6 is 11.6 Å². The lowest BCUT2D eigenvalue weighted by atomic mass is 9.96. The van der Waals surface area contributed by atoms with Crippen molar-refractivity contribution in [2.75, 3.05) is 0 Å². The SMILES string of the molecule is CCC(=O)C(C)Cc1cc(F)ccc1Cl. The molecular formula is C12H14ClFO. The van der Waals surface area contributed by atoms with Crippen LogP contribution in [0.1, 0.15) is 25.8 Å². The molecule has 0 spiro atoms. The number of Topliss-reactive ketones (excluding diaryl/α,β-unsaturated/α-hetero) is 1. The number of hydrogen-bond acceptors (Lipinski definition) is 1. The second kappa shape index (κ2) is 5.26. The molecule has 0 saturated carbocycles. The van der Waals surface area contributed by atoms with E-state index in [-0.39, 0.29) is 17.5 Å². The normalized spacial score (nSPS) is 12.5. The van der Waals surface area contributed by atoms with Gasteiger partial charge in [-0.15, -0.1) is 0 Å². The van der Waals surface area contributed by atoms with Gasteiger partial charge in [-0.2, -0.15) is 0 Å². The minimum atomic E-state index is -0.314. The van der Waals surface area contributed by atoms with Crippen LogP contribution < -0.4 is 0 Å². The average molecular weight is 229 g/mol. The highest BCUT2D eigenvalue weighted by atomic mass is 35.5. The van der Waals surface area contributed by atoms with E-state index in [0.717, 1.165) is 0 Å². The third-order valence-corrected chi connectivity index (χ3v) is 2.80. The Bertz CT molecular complexity index is 363. The van der Waals surface area contributed by atoms with E-state index in [1.54, 1.807) is 0 Å². The van der Waals surface area contributed by atoms with Crippen molar-refractivity contribution in [2.45, 2.75) is 26.7 Å². The lowest BCUT2D eigenvalue weighted by molar-refractivity contribution is -0.122. The Morgan fingerprint density at radius 1 is 1.53 bits per heavy atom. The Hall–Kier alpha value is -0.890. The molecule has 0 aliphatic carbocycles. The Kier molecular flexibility index (Phi) is 4.28. The fourth-order valence-electron chi connectivity index (χ4n) is 1.49. The van der Waals surface area contributed by atoms with Gasteiger partial charge in [0.15, 0.2) is 0 Å². The number of rotatable bonds is 4. The smallest absolute Gasteiger partial charge is 0.135 e. The molecule has 1 rings (SSSR count). The van der Waals surface area contributed by atoms with Gasteiger partial charge in [-0.3, -0.25) is 4.79 Å². The number of benzene rings is 1. The van der Waals surface area contributed by atoms with Crippen molar-refractivity contribution in [2.24, 2.45) is 5.92 Å². The maximum absolute atomic E-state index is 12.9. The molecule has 1 nitrogen and oxygen atoms in total. The number of carbonyl (C=O) groups excluding carboxylic acids is 1. The summed E-state index contributed by atoms with van der Waals surface area (Å²) >= 11 is 5.91. The first-order valence-corrected chi connectivity index (χ1v) is 5.39. The van der Waals surface area contributed by atoms with Crippen LogP contribution in [0.15, 0.2) is 18.2 Å². The molecule has 0 heterocycles. The molecule has 0 N–H and O–H groups in total. The summed E-state index contributed by atoms with van der Waals surface area (Å²) in [4.78, 5) is 11.4. The molecule has 0 aliphatic heterocycles. The highest BCUT2D eigenvalue weighted by Crippen LogP contribution is 2.21. The molecule has 0 bridgehead atoms. The predicted octanol–water partition coefficient (Wildman–Crippen LogP) is 3.64. The van der Waals surface area contributed by atoms with Crippen molar-refractivity contribution < 1.29 is 9.18 Å². The molecule has 1 unspecified atom stereocenters. The number of ketones is 1. The number of halogens is 2. The van der Waals surface area contributed by atoms with Gasteiger partial charge in [0, 0.05) is 17.4 Å². The maximum atomic E-state index is 12.9. The van der Waals surface area contributed by atoms with Gasteiger partial charge in [-0.05, 0) is 30.2 Å². The topological polar surface area (TPSA) is 17.1 Å². The lowest BCUT2D eigenvalue weighted by Gasteiger charge is -2.10. The Labute approximate surface area is 94.3 Å². The highest BCUT2D eigenvalue weighted by Gasteiger charge is 2.13. The van der Waals surface area contributed by atoms with E-state index in [2.05, 4.69) is 0 Å². The third kappa shape index (κ3) is 3.31. The molecule has 0 fully saturated rings. The summed E-state index contributed by atoms with van der Waals surface area (Å²) < 4.78 is 12.9. The second-order valence-electron chi connectivity index (χ2n) is 3.66. The largest absolute Gasteiger partial charge is 0.299 e. The summed E-state index contributed by atoms with van der Waals surface area (Å²) in [6.45, 7) is 3.67. The fraction of sp³-hybridized carbons (Fsp3) is 0.417. The molecule has 1 aromatic carbocycles. The Morgan fingerprint density at radius 2 is 2.20 bits per heavy atom. The van der Waals surface area contributed by atoms with Crippen molar-refractivity contribution in [3.63, 3.8) is 0 Å². The van der Waals surface area contributed by atoms with Crippen LogP contribution in [0.2, 0.25) is 5.02 Å². The van der Waals surface area contributed by atoms with Gasteiger partial charge < -0.3 is 0 Å². The summed E-state index contributed by atoms with van der Waals surface area (Å²) in [7, 11) is 0. The standard InChI is InChI=1S/C12H14ClFO/c1-3-12(15)8(2)6-9-7-10(14)4-5-11(9)13/h4-5,7-8H,3,6H2,1-2H3. The second-order valence-corrected chi connectivity index (χ2v) is 4.07. The summed E-state index contributed by atoms with van der Waals surface area (Å²) in [5.74, 6) is -0.241. The van der Waals surface area contributed by atoms with E-state index in [4.69, 9.17) is 11.6 Å². The summed E-state index contributed by atoms with van der Waals surface area (Å²) in [5.41, 5.74) is 0.700.